The summed E-state index contributed by atoms with van der Waals surface area (Å²) in [6.45, 7) is 6.23. The predicted molar refractivity (Wildman–Crippen MR) is 137 cm³/mol. The maximum atomic E-state index is 13.3. The van der Waals surface area contributed by atoms with Crippen LogP contribution in [0.1, 0.15) is 75.3 Å². The Bertz CT molecular complexity index is 976. The van der Waals surface area contributed by atoms with Gasteiger partial charge in [0.05, 0.1) is 31.6 Å². The Balaban J connectivity index is 1.44. The smallest absolute Gasteiger partial charge is 0.323 e. The molecule has 1 aliphatic heterocycles. The van der Waals surface area contributed by atoms with E-state index in [1.165, 1.54) is 11.3 Å². The predicted octanol–water partition coefficient (Wildman–Crippen LogP) is 2.87. The molecule has 5 rings (SSSR count). The van der Waals surface area contributed by atoms with E-state index in [1.54, 1.807) is 4.90 Å². The van der Waals surface area contributed by atoms with E-state index < -0.39 is 11.5 Å². The Labute approximate surface area is 217 Å². The summed E-state index contributed by atoms with van der Waals surface area (Å²) >= 11 is 1.46. The second kappa shape index (κ2) is 10.2. The highest BCUT2D eigenvalue weighted by molar-refractivity contribution is 7.15. The number of morpholine rings is 1. The third-order valence-electron chi connectivity index (χ3n) is 9.52. The number of nitrogens with one attached hydrogen (secondary N) is 2. The van der Waals surface area contributed by atoms with E-state index in [4.69, 9.17) is 9.72 Å². The molecule has 3 aliphatic carbocycles. The third-order valence-corrected chi connectivity index (χ3v) is 10.5. The number of hydrogen-bond acceptors (Lipinski definition) is 7. The zero-order valence-corrected chi connectivity index (χ0v) is 22.2. The Morgan fingerprint density at radius 3 is 2.61 bits per heavy atom. The lowest BCUT2D eigenvalue weighted by Gasteiger charge is -2.58. The van der Waals surface area contributed by atoms with Gasteiger partial charge in [-0.2, -0.15) is 0 Å². The lowest BCUT2D eigenvalue weighted by Crippen LogP contribution is -2.57. The number of carbonyl (C=O) groups excluding carboxylic acids is 2. The fourth-order valence-electron chi connectivity index (χ4n) is 7.18. The van der Waals surface area contributed by atoms with Crippen LogP contribution in [-0.2, 0) is 16.0 Å². The maximum absolute atomic E-state index is 13.3. The summed E-state index contributed by atoms with van der Waals surface area (Å²) in [4.78, 5) is 33.8. The molecule has 0 bridgehead atoms. The van der Waals surface area contributed by atoms with Crippen molar-refractivity contribution in [3.05, 3.63) is 10.6 Å². The minimum absolute atomic E-state index is 0.00113. The van der Waals surface area contributed by atoms with Crippen molar-refractivity contribution in [1.82, 2.24) is 15.2 Å². The molecular formula is C26H40N4O5S. The molecule has 200 valence electrons. The number of nitrogens with zero attached hydrogens (tertiary/aromatic N) is 2. The van der Waals surface area contributed by atoms with Crippen LogP contribution in [-0.4, -0.2) is 77.1 Å². The van der Waals surface area contributed by atoms with Gasteiger partial charge < -0.3 is 25.2 Å². The number of rotatable bonds is 5. The van der Waals surface area contributed by atoms with E-state index in [0.717, 1.165) is 42.7 Å². The SMILES string of the molecule is C[C@]1(CO)[C@H]2Cc3sc(NC(=O)N4CCOCC4)nc3[C@@H](CC(=O)NC3CCCC3)[C@]2(C)CC[C@H]1O. The first-order chi connectivity index (χ1) is 17.2. The average Bonchev–Trinajstić information content (AvgIpc) is 3.53. The molecule has 1 aromatic rings. The van der Waals surface area contributed by atoms with E-state index in [9.17, 15) is 19.8 Å². The number of urea groups is 1. The fraction of sp³-hybridized carbons (Fsp3) is 0.808. The molecule has 0 spiro atoms. The van der Waals surface area contributed by atoms with Crippen molar-refractivity contribution >= 4 is 28.4 Å². The maximum Gasteiger partial charge on any atom is 0.323 e. The molecule has 3 fully saturated rings. The molecule has 1 saturated heterocycles. The number of aliphatic hydroxyl groups excluding tert-OH is 2. The highest BCUT2D eigenvalue weighted by Gasteiger charge is 2.59. The van der Waals surface area contributed by atoms with Crippen molar-refractivity contribution in [3.8, 4) is 0 Å². The van der Waals surface area contributed by atoms with Crippen LogP contribution in [0, 0.1) is 16.7 Å². The van der Waals surface area contributed by atoms with Crippen LogP contribution in [0.25, 0.3) is 0 Å². The van der Waals surface area contributed by atoms with E-state index >= 15 is 0 Å². The summed E-state index contributed by atoms with van der Waals surface area (Å²) < 4.78 is 5.36. The molecule has 0 unspecified atom stereocenters. The molecule has 9 nitrogen and oxygen atoms in total. The van der Waals surface area contributed by atoms with Crippen LogP contribution in [0.4, 0.5) is 9.93 Å². The number of amides is 3. The molecule has 4 N–H and O–H groups in total. The highest BCUT2D eigenvalue weighted by atomic mass is 32.1. The molecule has 36 heavy (non-hydrogen) atoms. The van der Waals surface area contributed by atoms with Crippen LogP contribution in [0.3, 0.4) is 0 Å². The second-order valence-corrected chi connectivity index (χ2v) is 12.7. The van der Waals surface area contributed by atoms with E-state index in [2.05, 4.69) is 17.6 Å². The van der Waals surface area contributed by atoms with Crippen LogP contribution in [0.15, 0.2) is 0 Å². The van der Waals surface area contributed by atoms with Gasteiger partial charge in [-0.15, -0.1) is 11.3 Å². The molecule has 2 heterocycles. The van der Waals surface area contributed by atoms with Gasteiger partial charge in [-0.1, -0.05) is 26.7 Å². The van der Waals surface area contributed by atoms with E-state index in [0.29, 0.717) is 50.7 Å². The standard InChI is InChI=1S/C26H40N4O5S/c1-25-8-7-20(32)26(2,15-31)19(25)14-18-22(17(25)13-21(33)27-16-5-3-4-6-16)28-23(36-18)29-24(34)30-9-11-35-12-10-30/h16-17,19-20,31-32H,3-15H2,1-2H3,(H,27,33)(H,28,29,34)/t17-,19+,20-,25+,26+/m1/s1. The van der Waals surface area contributed by atoms with Crippen LogP contribution >= 0.6 is 11.3 Å². The third kappa shape index (κ3) is 4.66. The summed E-state index contributed by atoms with van der Waals surface area (Å²) in [6, 6.07) is 0.0676. The Morgan fingerprint density at radius 2 is 1.92 bits per heavy atom. The molecule has 5 atom stereocenters. The lowest BCUT2D eigenvalue weighted by molar-refractivity contribution is -0.144. The topological polar surface area (TPSA) is 124 Å². The van der Waals surface area contributed by atoms with Crippen molar-refractivity contribution in [2.24, 2.45) is 16.7 Å². The second-order valence-electron chi connectivity index (χ2n) is 11.6. The number of aliphatic hydroxyl groups is 2. The van der Waals surface area contributed by atoms with Gasteiger partial charge in [0.2, 0.25) is 5.91 Å². The number of ether oxygens (including phenoxy) is 1. The lowest BCUT2D eigenvalue weighted by atomic mass is 9.47. The van der Waals surface area contributed by atoms with E-state index in [-0.39, 0.29) is 41.8 Å². The summed E-state index contributed by atoms with van der Waals surface area (Å²) in [6.07, 6.45) is 6.14. The molecule has 2 saturated carbocycles. The normalized spacial score (nSPS) is 34.7. The quantitative estimate of drug-likeness (QED) is 0.473. The molecule has 1 aromatic heterocycles. The first-order valence-corrected chi connectivity index (χ1v) is 14.3. The van der Waals surface area contributed by atoms with Gasteiger partial charge in [0.1, 0.15) is 0 Å². The van der Waals surface area contributed by atoms with Gasteiger partial charge in [-0.3, -0.25) is 10.1 Å². The number of hydrogen-bond donors (Lipinski definition) is 4. The van der Waals surface area contributed by atoms with Crippen molar-refractivity contribution in [1.29, 1.82) is 0 Å². The van der Waals surface area contributed by atoms with Crippen LogP contribution in [0.5, 0.6) is 0 Å². The molecular weight excluding hydrogens is 480 g/mol. The summed E-state index contributed by atoms with van der Waals surface area (Å²) in [5.41, 5.74) is -0.0585. The van der Waals surface area contributed by atoms with Crippen LogP contribution in [0.2, 0.25) is 0 Å². The van der Waals surface area contributed by atoms with Gasteiger partial charge in [0.25, 0.3) is 0 Å². The van der Waals surface area contributed by atoms with Gasteiger partial charge in [-0.05, 0) is 43.4 Å². The number of fused-ring (bicyclic) bond motifs is 2. The minimum atomic E-state index is -0.661. The number of thiazole rings is 1. The number of anilines is 1. The largest absolute Gasteiger partial charge is 0.396 e. The van der Waals surface area contributed by atoms with Gasteiger partial charge in [0.15, 0.2) is 5.13 Å². The van der Waals surface area contributed by atoms with Crippen LogP contribution < -0.4 is 10.6 Å². The van der Waals surface area contributed by atoms with Crippen molar-refractivity contribution in [2.45, 2.75) is 83.3 Å². The van der Waals surface area contributed by atoms with E-state index in [1.807, 2.05) is 6.92 Å². The van der Waals surface area contributed by atoms with Crippen molar-refractivity contribution < 1.29 is 24.5 Å². The van der Waals surface area contributed by atoms with Crippen molar-refractivity contribution in [2.75, 3.05) is 38.2 Å². The molecule has 0 radical (unpaired) electrons. The fourth-order valence-corrected chi connectivity index (χ4v) is 8.24. The minimum Gasteiger partial charge on any atom is -0.396 e. The molecule has 10 heteroatoms. The summed E-state index contributed by atoms with van der Waals surface area (Å²) in [7, 11) is 0. The Kier molecular flexibility index (Phi) is 7.33. The summed E-state index contributed by atoms with van der Waals surface area (Å²) in [5, 5.41) is 28.1. The zero-order valence-electron chi connectivity index (χ0n) is 21.4. The molecule has 3 amide bonds. The van der Waals surface area contributed by atoms with Gasteiger partial charge in [0, 0.05) is 41.8 Å². The zero-order chi connectivity index (χ0) is 25.5. The average molecular weight is 521 g/mol. The first-order valence-electron chi connectivity index (χ1n) is 13.5. The Hall–Kier alpha value is -1.75. The number of carbonyl (C=O) groups is 2. The molecule has 4 aliphatic rings. The van der Waals surface area contributed by atoms with Gasteiger partial charge in [-0.25, -0.2) is 9.78 Å². The number of aromatic nitrogens is 1. The monoisotopic (exact) mass is 520 g/mol. The summed E-state index contributed by atoms with van der Waals surface area (Å²) in [5.74, 6) is -0.0986. The molecule has 0 aromatic carbocycles. The van der Waals surface area contributed by atoms with Crippen molar-refractivity contribution in [3.63, 3.8) is 0 Å². The highest BCUT2D eigenvalue weighted by Crippen LogP contribution is 2.62. The Morgan fingerprint density at radius 1 is 1.19 bits per heavy atom. The first kappa shape index (κ1) is 25.9. The van der Waals surface area contributed by atoms with Gasteiger partial charge >= 0.3 is 6.03 Å².